The maximum Gasteiger partial charge on any atom is 0.270 e. The standard InChI is InChI=1S/C25H24FN3O3/c1-25(2)24(30)29-23-18(14-28(29)20-7-5-6-8-21(20)31-3)16(11-12-19(23)27-25)17-10-9-15(26)13-22(17)32-4/h5-13,27H,14H2,1-4H3. The fourth-order valence-electron chi connectivity index (χ4n) is 4.52. The lowest BCUT2D eigenvalue weighted by atomic mass is 9.93. The Labute approximate surface area is 186 Å². The number of methoxy groups -OCH3 is 2. The molecule has 0 aliphatic carbocycles. The Kier molecular flexibility index (Phi) is 4.51. The normalized spacial score (nSPS) is 16.0. The Hall–Kier alpha value is -3.74. The fraction of sp³-hybridized carbons (Fsp3) is 0.240. The lowest BCUT2D eigenvalue weighted by Crippen LogP contribution is -2.57. The van der Waals surface area contributed by atoms with E-state index in [0.29, 0.717) is 18.0 Å². The molecule has 1 amide bonds. The van der Waals surface area contributed by atoms with Gasteiger partial charge in [-0.1, -0.05) is 18.2 Å². The van der Waals surface area contributed by atoms with Crippen LogP contribution in [0.4, 0.5) is 21.5 Å². The lowest BCUT2D eigenvalue weighted by Gasteiger charge is -2.41. The molecule has 3 aromatic rings. The van der Waals surface area contributed by atoms with Gasteiger partial charge in [0.1, 0.15) is 28.5 Å². The Bertz CT molecular complexity index is 1240. The van der Waals surface area contributed by atoms with Gasteiger partial charge in [0, 0.05) is 17.2 Å². The third-order valence-corrected chi connectivity index (χ3v) is 6.04. The molecule has 0 radical (unpaired) electrons. The predicted octanol–water partition coefficient (Wildman–Crippen LogP) is 4.98. The summed E-state index contributed by atoms with van der Waals surface area (Å²) in [4.78, 5) is 13.6. The number of nitrogens with zero attached hydrogens (tertiary/aromatic N) is 2. The number of hydrogen-bond donors (Lipinski definition) is 1. The molecule has 0 saturated heterocycles. The molecule has 7 heteroatoms. The highest BCUT2D eigenvalue weighted by Crippen LogP contribution is 2.51. The van der Waals surface area contributed by atoms with Gasteiger partial charge in [0.15, 0.2) is 0 Å². The van der Waals surface area contributed by atoms with Gasteiger partial charge in [0.25, 0.3) is 5.91 Å². The number of carbonyl (C=O) groups excluding carboxylic acids is 1. The molecule has 0 atom stereocenters. The molecule has 2 aliphatic heterocycles. The first kappa shape index (κ1) is 20.2. The Morgan fingerprint density at radius 3 is 2.44 bits per heavy atom. The number of benzene rings is 3. The summed E-state index contributed by atoms with van der Waals surface area (Å²) >= 11 is 0. The van der Waals surface area contributed by atoms with E-state index in [0.717, 1.165) is 33.8 Å². The van der Waals surface area contributed by atoms with Gasteiger partial charge >= 0.3 is 0 Å². The molecule has 0 spiro atoms. The highest BCUT2D eigenvalue weighted by molar-refractivity contribution is 6.12. The second kappa shape index (κ2) is 7.15. The number of anilines is 3. The van der Waals surface area contributed by atoms with E-state index in [-0.39, 0.29) is 11.7 Å². The van der Waals surface area contributed by atoms with E-state index < -0.39 is 5.54 Å². The van der Waals surface area contributed by atoms with Crippen LogP contribution < -0.4 is 24.8 Å². The quantitative estimate of drug-likeness (QED) is 0.629. The van der Waals surface area contributed by atoms with Crippen molar-refractivity contribution in [2.24, 2.45) is 0 Å². The minimum atomic E-state index is -0.788. The van der Waals surface area contributed by atoms with Crippen molar-refractivity contribution in [2.75, 3.05) is 29.6 Å². The predicted molar refractivity (Wildman–Crippen MR) is 123 cm³/mol. The number of rotatable bonds is 4. The molecule has 2 aliphatic rings. The zero-order valence-electron chi connectivity index (χ0n) is 18.4. The zero-order chi connectivity index (χ0) is 22.6. The molecule has 0 saturated carbocycles. The molecular formula is C25H24FN3O3. The molecule has 3 aromatic carbocycles. The molecule has 2 heterocycles. The van der Waals surface area contributed by atoms with E-state index in [4.69, 9.17) is 9.47 Å². The van der Waals surface area contributed by atoms with Crippen molar-refractivity contribution in [1.29, 1.82) is 0 Å². The minimum Gasteiger partial charge on any atom is -0.496 e. The Morgan fingerprint density at radius 1 is 0.969 bits per heavy atom. The van der Waals surface area contributed by atoms with Gasteiger partial charge in [0.05, 0.1) is 32.1 Å². The van der Waals surface area contributed by atoms with Crippen molar-refractivity contribution in [3.8, 4) is 22.6 Å². The molecule has 6 nitrogen and oxygen atoms in total. The van der Waals surface area contributed by atoms with Crippen LogP contribution in [0, 0.1) is 5.82 Å². The van der Waals surface area contributed by atoms with E-state index in [9.17, 15) is 9.18 Å². The number of para-hydroxylation sites is 2. The first-order valence-corrected chi connectivity index (χ1v) is 10.4. The van der Waals surface area contributed by atoms with Crippen molar-refractivity contribution in [1.82, 2.24) is 0 Å². The van der Waals surface area contributed by atoms with Crippen LogP contribution in [0.5, 0.6) is 11.5 Å². The van der Waals surface area contributed by atoms with E-state index in [2.05, 4.69) is 5.32 Å². The summed E-state index contributed by atoms with van der Waals surface area (Å²) in [5, 5.41) is 7.05. The minimum absolute atomic E-state index is 0.0714. The molecule has 164 valence electrons. The molecule has 0 aromatic heterocycles. The average molecular weight is 433 g/mol. The van der Waals surface area contributed by atoms with E-state index in [1.807, 2.05) is 55.3 Å². The molecule has 0 bridgehead atoms. The zero-order valence-corrected chi connectivity index (χ0v) is 18.4. The Morgan fingerprint density at radius 2 is 1.69 bits per heavy atom. The van der Waals surface area contributed by atoms with Crippen molar-refractivity contribution in [2.45, 2.75) is 25.9 Å². The number of nitrogens with one attached hydrogen (secondary N) is 1. The number of ether oxygens (including phenoxy) is 2. The van der Waals surface area contributed by atoms with Crippen molar-refractivity contribution < 1.29 is 18.7 Å². The monoisotopic (exact) mass is 433 g/mol. The summed E-state index contributed by atoms with van der Waals surface area (Å²) in [7, 11) is 3.14. The maximum absolute atomic E-state index is 13.9. The maximum atomic E-state index is 13.9. The summed E-state index contributed by atoms with van der Waals surface area (Å²) in [5.41, 5.74) is 4.28. The second-order valence-corrected chi connectivity index (χ2v) is 8.43. The summed E-state index contributed by atoms with van der Waals surface area (Å²) in [6.07, 6.45) is 0. The van der Waals surface area contributed by atoms with Crippen LogP contribution >= 0.6 is 0 Å². The van der Waals surface area contributed by atoms with E-state index in [1.165, 1.54) is 19.2 Å². The fourth-order valence-corrected chi connectivity index (χ4v) is 4.52. The Balaban J connectivity index is 1.75. The second-order valence-electron chi connectivity index (χ2n) is 8.43. The van der Waals surface area contributed by atoms with E-state index >= 15 is 0 Å². The van der Waals surface area contributed by atoms with Gasteiger partial charge in [-0.05, 0) is 49.7 Å². The highest BCUT2D eigenvalue weighted by Gasteiger charge is 2.47. The smallest absolute Gasteiger partial charge is 0.270 e. The van der Waals surface area contributed by atoms with Crippen LogP contribution in [0.2, 0.25) is 0 Å². The van der Waals surface area contributed by atoms with Crippen LogP contribution in [0.25, 0.3) is 11.1 Å². The van der Waals surface area contributed by atoms with Gasteiger partial charge < -0.3 is 14.8 Å². The molecule has 32 heavy (non-hydrogen) atoms. The van der Waals surface area contributed by atoms with Gasteiger partial charge in [-0.2, -0.15) is 0 Å². The largest absolute Gasteiger partial charge is 0.496 e. The summed E-state index contributed by atoms with van der Waals surface area (Å²) < 4.78 is 24.9. The highest BCUT2D eigenvalue weighted by atomic mass is 19.1. The summed E-state index contributed by atoms with van der Waals surface area (Å²) in [6.45, 7) is 4.18. The third kappa shape index (κ3) is 2.88. The van der Waals surface area contributed by atoms with Gasteiger partial charge in [0.2, 0.25) is 0 Å². The SMILES string of the molecule is COc1cc(F)ccc1-c1ccc2c3c1CN(c1ccccc1OC)N3C(=O)C(C)(C)N2. The van der Waals surface area contributed by atoms with Crippen molar-refractivity contribution in [3.63, 3.8) is 0 Å². The molecule has 1 N–H and O–H groups in total. The first-order chi connectivity index (χ1) is 15.4. The van der Waals surface area contributed by atoms with Gasteiger partial charge in [-0.15, -0.1) is 0 Å². The van der Waals surface area contributed by atoms with Crippen molar-refractivity contribution in [3.05, 3.63) is 66.0 Å². The third-order valence-electron chi connectivity index (χ3n) is 6.04. The number of amides is 1. The lowest BCUT2D eigenvalue weighted by molar-refractivity contribution is -0.122. The van der Waals surface area contributed by atoms with Gasteiger partial charge in [-0.3, -0.25) is 9.80 Å². The molecule has 0 unspecified atom stereocenters. The molecular weight excluding hydrogens is 409 g/mol. The number of hydrogen-bond acceptors (Lipinski definition) is 5. The summed E-state index contributed by atoms with van der Waals surface area (Å²) in [6, 6.07) is 16.1. The van der Waals surface area contributed by atoms with Gasteiger partial charge in [-0.25, -0.2) is 9.40 Å². The first-order valence-electron chi connectivity index (χ1n) is 10.4. The van der Waals surface area contributed by atoms with Crippen LogP contribution in [-0.2, 0) is 11.3 Å². The van der Waals surface area contributed by atoms with Crippen LogP contribution in [0.3, 0.4) is 0 Å². The van der Waals surface area contributed by atoms with Crippen LogP contribution in [0.15, 0.2) is 54.6 Å². The van der Waals surface area contributed by atoms with Crippen LogP contribution in [-0.4, -0.2) is 25.7 Å². The number of halogens is 1. The topological polar surface area (TPSA) is 54.0 Å². The van der Waals surface area contributed by atoms with Crippen LogP contribution in [0.1, 0.15) is 19.4 Å². The van der Waals surface area contributed by atoms with Crippen molar-refractivity contribution >= 4 is 23.0 Å². The average Bonchev–Trinajstić information content (AvgIpc) is 3.19. The van der Waals surface area contributed by atoms with E-state index in [1.54, 1.807) is 18.2 Å². The molecule has 0 fully saturated rings. The summed E-state index contributed by atoms with van der Waals surface area (Å²) in [5.74, 6) is 0.680. The number of carbonyl (C=O) groups is 1. The number of hydrazine groups is 1. The molecule has 5 rings (SSSR count).